The summed E-state index contributed by atoms with van der Waals surface area (Å²) in [6.07, 6.45) is -0.453. The number of amides is 2. The quantitative estimate of drug-likeness (QED) is 0.383. The van der Waals surface area contributed by atoms with E-state index < -0.39 is 29.1 Å². The van der Waals surface area contributed by atoms with E-state index in [1.54, 1.807) is 44.2 Å². The Morgan fingerprint density at radius 1 is 1.09 bits per heavy atom. The van der Waals surface area contributed by atoms with E-state index in [-0.39, 0.29) is 34.0 Å². The molecule has 10 nitrogen and oxygen atoms in total. The van der Waals surface area contributed by atoms with Crippen molar-refractivity contribution in [2.24, 2.45) is 0 Å². The van der Waals surface area contributed by atoms with Crippen LogP contribution in [0.15, 0.2) is 48.0 Å². The number of urea groups is 1. The molecule has 2 amide bonds. The van der Waals surface area contributed by atoms with E-state index in [9.17, 15) is 19.7 Å². The Morgan fingerprint density at radius 2 is 1.72 bits per heavy atom. The van der Waals surface area contributed by atoms with Crippen LogP contribution < -0.4 is 20.1 Å². The molecule has 3 rings (SSSR count). The second-order valence-electron chi connectivity index (χ2n) is 7.16. The zero-order valence-corrected chi connectivity index (χ0v) is 18.0. The lowest BCUT2D eigenvalue weighted by atomic mass is 9.91. The molecular weight excluding hydrogens is 418 g/mol. The molecule has 0 saturated heterocycles. The molecule has 2 N–H and O–H groups in total. The average molecular weight is 441 g/mol. The molecular formula is C22H23N3O7. The number of carbonyl (C=O) groups excluding carboxylic acids is 2. The van der Waals surface area contributed by atoms with Crippen LogP contribution in [0.25, 0.3) is 5.70 Å². The Balaban J connectivity index is 2.31. The smallest absolute Gasteiger partial charge is 0.338 e. The second kappa shape index (κ2) is 9.38. The summed E-state index contributed by atoms with van der Waals surface area (Å²) < 4.78 is 15.9. The van der Waals surface area contributed by atoms with Crippen molar-refractivity contribution in [2.75, 3.05) is 14.2 Å². The van der Waals surface area contributed by atoms with Crippen molar-refractivity contribution in [3.05, 3.63) is 69.3 Å². The molecule has 2 aromatic rings. The molecule has 0 fully saturated rings. The topological polar surface area (TPSA) is 129 Å². The van der Waals surface area contributed by atoms with Gasteiger partial charge in [-0.15, -0.1) is 0 Å². The molecule has 2 aromatic carbocycles. The van der Waals surface area contributed by atoms with Crippen LogP contribution in [0.4, 0.5) is 10.5 Å². The Bertz CT molecular complexity index is 1080. The predicted molar refractivity (Wildman–Crippen MR) is 115 cm³/mol. The largest absolute Gasteiger partial charge is 0.493 e. The van der Waals surface area contributed by atoms with Crippen LogP contribution in [0, 0.1) is 10.1 Å². The van der Waals surface area contributed by atoms with E-state index in [1.165, 1.54) is 26.4 Å². The third-order valence-electron chi connectivity index (χ3n) is 4.74. The molecule has 1 aliphatic rings. The lowest BCUT2D eigenvalue weighted by molar-refractivity contribution is -0.385. The summed E-state index contributed by atoms with van der Waals surface area (Å²) in [5, 5.41) is 17.1. The Labute approximate surface area is 184 Å². The van der Waals surface area contributed by atoms with Gasteiger partial charge in [-0.1, -0.05) is 30.3 Å². The summed E-state index contributed by atoms with van der Waals surface area (Å²) in [6, 6.07) is 9.47. The fourth-order valence-electron chi connectivity index (χ4n) is 3.40. The molecule has 0 aromatic heterocycles. The monoisotopic (exact) mass is 441 g/mol. The van der Waals surface area contributed by atoms with Crippen molar-refractivity contribution in [3.8, 4) is 11.5 Å². The van der Waals surface area contributed by atoms with E-state index in [0.29, 0.717) is 5.56 Å². The molecule has 10 heteroatoms. The summed E-state index contributed by atoms with van der Waals surface area (Å²) in [5.74, 6) is -0.374. The van der Waals surface area contributed by atoms with Gasteiger partial charge in [0, 0.05) is 0 Å². The van der Waals surface area contributed by atoms with Crippen LogP contribution in [0.2, 0.25) is 0 Å². The molecule has 0 spiro atoms. The van der Waals surface area contributed by atoms with Gasteiger partial charge in [0.25, 0.3) is 5.69 Å². The van der Waals surface area contributed by atoms with E-state index in [1.807, 2.05) is 0 Å². The minimum absolute atomic E-state index is 0.0276. The number of ether oxygens (including phenoxy) is 3. The summed E-state index contributed by atoms with van der Waals surface area (Å²) in [5.41, 5.74) is 0.476. The molecule has 1 atom stereocenters. The number of nitro benzene ring substituents is 1. The van der Waals surface area contributed by atoms with Gasteiger partial charge in [0.1, 0.15) is 0 Å². The first-order valence-corrected chi connectivity index (χ1v) is 9.75. The van der Waals surface area contributed by atoms with Gasteiger partial charge in [-0.3, -0.25) is 10.1 Å². The van der Waals surface area contributed by atoms with Crippen molar-refractivity contribution in [1.82, 2.24) is 10.6 Å². The summed E-state index contributed by atoms with van der Waals surface area (Å²) >= 11 is 0. The van der Waals surface area contributed by atoms with Gasteiger partial charge >= 0.3 is 12.0 Å². The van der Waals surface area contributed by atoms with E-state index in [2.05, 4.69) is 10.6 Å². The van der Waals surface area contributed by atoms with Crippen LogP contribution in [-0.2, 0) is 9.53 Å². The van der Waals surface area contributed by atoms with Gasteiger partial charge in [0.15, 0.2) is 11.5 Å². The van der Waals surface area contributed by atoms with Crippen LogP contribution in [0.3, 0.4) is 0 Å². The summed E-state index contributed by atoms with van der Waals surface area (Å²) in [6.45, 7) is 3.37. The highest BCUT2D eigenvalue weighted by Crippen LogP contribution is 2.41. The highest BCUT2D eigenvalue weighted by Gasteiger charge is 2.39. The van der Waals surface area contributed by atoms with Crippen LogP contribution in [0.1, 0.15) is 31.0 Å². The predicted octanol–water partition coefficient (Wildman–Crippen LogP) is 3.33. The fourth-order valence-corrected chi connectivity index (χ4v) is 3.40. The minimum atomic E-state index is -1.18. The van der Waals surface area contributed by atoms with Gasteiger partial charge in [0.05, 0.1) is 54.2 Å². The Hall–Kier alpha value is -4.08. The minimum Gasteiger partial charge on any atom is -0.493 e. The maximum Gasteiger partial charge on any atom is 0.338 e. The third-order valence-corrected chi connectivity index (χ3v) is 4.74. The number of benzene rings is 2. The third kappa shape index (κ3) is 4.48. The Kier molecular flexibility index (Phi) is 6.62. The molecule has 0 bridgehead atoms. The highest BCUT2D eigenvalue weighted by atomic mass is 16.6. The average Bonchev–Trinajstić information content (AvgIpc) is 2.77. The number of hydrogen-bond donors (Lipinski definition) is 2. The maximum absolute atomic E-state index is 13.1. The zero-order valence-electron chi connectivity index (χ0n) is 18.0. The number of rotatable bonds is 7. The number of methoxy groups -OCH3 is 2. The van der Waals surface area contributed by atoms with E-state index >= 15 is 0 Å². The molecule has 32 heavy (non-hydrogen) atoms. The van der Waals surface area contributed by atoms with Crippen LogP contribution >= 0.6 is 0 Å². The highest BCUT2D eigenvalue weighted by molar-refractivity contribution is 6.05. The van der Waals surface area contributed by atoms with Gasteiger partial charge < -0.3 is 24.8 Å². The number of nitrogens with zero attached hydrogens (tertiary/aromatic N) is 1. The fraction of sp³-hybridized carbons (Fsp3) is 0.273. The number of nitrogens with one attached hydrogen (secondary N) is 2. The lowest BCUT2D eigenvalue weighted by Gasteiger charge is -2.30. The van der Waals surface area contributed by atoms with Crippen molar-refractivity contribution >= 4 is 23.4 Å². The normalized spacial score (nSPS) is 15.7. The molecule has 1 aliphatic heterocycles. The van der Waals surface area contributed by atoms with Crippen LogP contribution in [-0.4, -0.2) is 37.2 Å². The van der Waals surface area contributed by atoms with Crippen molar-refractivity contribution in [2.45, 2.75) is 26.0 Å². The lowest BCUT2D eigenvalue weighted by Crippen LogP contribution is -2.45. The van der Waals surface area contributed by atoms with Crippen molar-refractivity contribution in [1.29, 1.82) is 0 Å². The molecule has 0 aliphatic carbocycles. The van der Waals surface area contributed by atoms with Gasteiger partial charge in [-0.25, -0.2) is 9.59 Å². The number of carbonyl (C=O) groups is 2. The first-order chi connectivity index (χ1) is 15.3. The number of nitro groups is 1. The molecule has 1 heterocycles. The zero-order chi connectivity index (χ0) is 23.4. The number of hydrogen-bond acceptors (Lipinski definition) is 7. The first kappa shape index (κ1) is 22.6. The maximum atomic E-state index is 13.1. The van der Waals surface area contributed by atoms with Gasteiger partial charge in [-0.2, -0.15) is 0 Å². The molecule has 1 unspecified atom stereocenters. The summed E-state index contributed by atoms with van der Waals surface area (Å²) in [7, 11) is 2.74. The molecule has 0 radical (unpaired) electrons. The van der Waals surface area contributed by atoms with Gasteiger partial charge in [-0.05, 0) is 25.5 Å². The standard InChI is InChI=1S/C22H23N3O7/c1-12(2)32-21(26)18-19(13-8-6-5-7-9-13)23-22(27)24-20(18)14-10-16(30-3)17(31-4)11-15(14)25(28)29/h5-12,20H,1-4H3,(H2,23,24,27). The Morgan fingerprint density at radius 3 is 2.28 bits per heavy atom. The van der Waals surface area contributed by atoms with Crippen LogP contribution in [0.5, 0.6) is 11.5 Å². The summed E-state index contributed by atoms with van der Waals surface area (Å²) in [4.78, 5) is 36.9. The van der Waals surface area contributed by atoms with Gasteiger partial charge in [0.2, 0.25) is 0 Å². The number of esters is 1. The van der Waals surface area contributed by atoms with E-state index in [4.69, 9.17) is 14.2 Å². The molecule has 0 saturated carbocycles. The van der Waals surface area contributed by atoms with Crippen molar-refractivity contribution < 1.29 is 28.7 Å². The SMILES string of the molecule is COc1cc(C2NC(=O)NC(c3ccccc3)=C2C(=O)OC(C)C)c([N+](=O)[O-])cc1OC. The molecule has 168 valence electrons. The van der Waals surface area contributed by atoms with E-state index in [0.717, 1.165) is 0 Å². The van der Waals surface area contributed by atoms with Crippen molar-refractivity contribution in [3.63, 3.8) is 0 Å². The first-order valence-electron chi connectivity index (χ1n) is 9.75. The second-order valence-corrected chi connectivity index (χ2v) is 7.16.